The van der Waals surface area contributed by atoms with Crippen molar-refractivity contribution in [1.82, 2.24) is 0 Å². The molecule has 1 aromatic heterocycles. The third kappa shape index (κ3) is 4.40. The molecule has 1 heterocycles. The summed E-state index contributed by atoms with van der Waals surface area (Å²) in [6.45, 7) is -0.504. The van der Waals surface area contributed by atoms with Crippen molar-refractivity contribution in [1.29, 1.82) is 0 Å². The number of thiophene rings is 1. The first-order valence-electron chi connectivity index (χ1n) is 8.53. The molecule has 3 aromatic rings. The standard InChI is InChI=1S/C20H17Cl2NO6S/c1-26-10-4-6-12(14(8-10)28-3)23-15(24)9-29-20(25)19-16(21)11-5-7-13(27-2)17(22)18(11)30-19/h4-8H,9H2,1-3H3,(H,23,24). The molecule has 0 atom stereocenters. The minimum Gasteiger partial charge on any atom is -0.497 e. The number of carbonyl (C=O) groups is 2. The molecule has 10 heteroatoms. The number of hydrogen-bond acceptors (Lipinski definition) is 7. The van der Waals surface area contributed by atoms with Gasteiger partial charge in [0, 0.05) is 11.5 Å². The van der Waals surface area contributed by atoms with Crippen molar-refractivity contribution in [2.45, 2.75) is 0 Å². The summed E-state index contributed by atoms with van der Waals surface area (Å²) in [6, 6.07) is 8.28. The zero-order valence-corrected chi connectivity index (χ0v) is 18.5. The maximum atomic E-state index is 12.5. The zero-order chi connectivity index (χ0) is 21.8. The molecule has 30 heavy (non-hydrogen) atoms. The van der Waals surface area contributed by atoms with Crippen LogP contribution in [0.2, 0.25) is 10.0 Å². The van der Waals surface area contributed by atoms with Crippen molar-refractivity contribution in [2.24, 2.45) is 0 Å². The Morgan fingerprint density at radius 2 is 1.70 bits per heavy atom. The van der Waals surface area contributed by atoms with Crippen LogP contribution in [0.4, 0.5) is 5.69 Å². The number of halogens is 2. The number of rotatable bonds is 7. The van der Waals surface area contributed by atoms with Gasteiger partial charge >= 0.3 is 5.97 Å². The van der Waals surface area contributed by atoms with Crippen LogP contribution in [0.15, 0.2) is 30.3 Å². The average Bonchev–Trinajstić information content (AvgIpc) is 3.10. The molecule has 0 saturated carbocycles. The van der Waals surface area contributed by atoms with Crippen LogP contribution in [0.3, 0.4) is 0 Å². The third-order valence-corrected chi connectivity index (χ3v) is 6.32. The lowest BCUT2D eigenvalue weighted by Gasteiger charge is -2.11. The highest BCUT2D eigenvalue weighted by Gasteiger charge is 2.22. The minimum absolute atomic E-state index is 0.150. The molecule has 0 radical (unpaired) electrons. The summed E-state index contributed by atoms with van der Waals surface area (Å²) < 4.78 is 21.2. The molecule has 1 amide bonds. The highest BCUT2D eigenvalue weighted by atomic mass is 35.5. The van der Waals surface area contributed by atoms with E-state index in [0.717, 1.165) is 11.3 Å². The molecule has 0 fully saturated rings. The second-order valence-electron chi connectivity index (χ2n) is 5.89. The summed E-state index contributed by atoms with van der Waals surface area (Å²) in [5.41, 5.74) is 0.415. The van der Waals surface area contributed by atoms with Gasteiger partial charge in [0.1, 0.15) is 27.1 Å². The van der Waals surface area contributed by atoms with Gasteiger partial charge in [0.05, 0.1) is 36.7 Å². The lowest BCUT2D eigenvalue weighted by atomic mass is 10.2. The van der Waals surface area contributed by atoms with E-state index in [0.29, 0.717) is 38.0 Å². The number of amides is 1. The van der Waals surface area contributed by atoms with Crippen molar-refractivity contribution in [3.8, 4) is 17.2 Å². The van der Waals surface area contributed by atoms with Crippen LogP contribution < -0.4 is 19.5 Å². The van der Waals surface area contributed by atoms with Crippen molar-refractivity contribution >= 4 is 62.2 Å². The second kappa shape index (κ2) is 9.42. The van der Waals surface area contributed by atoms with E-state index in [1.165, 1.54) is 21.3 Å². The van der Waals surface area contributed by atoms with E-state index in [1.54, 1.807) is 30.3 Å². The van der Waals surface area contributed by atoms with Gasteiger partial charge in [0.15, 0.2) is 6.61 Å². The number of methoxy groups -OCH3 is 3. The predicted octanol–water partition coefficient (Wildman–Crippen LogP) is 5.03. The Morgan fingerprint density at radius 1 is 0.967 bits per heavy atom. The van der Waals surface area contributed by atoms with Gasteiger partial charge in [-0.05, 0) is 24.3 Å². The van der Waals surface area contributed by atoms with Gasteiger partial charge in [0.2, 0.25) is 0 Å². The summed E-state index contributed by atoms with van der Waals surface area (Å²) in [7, 11) is 4.48. The number of nitrogens with one attached hydrogen (secondary N) is 1. The van der Waals surface area contributed by atoms with E-state index in [-0.39, 0.29) is 9.90 Å². The maximum absolute atomic E-state index is 12.5. The van der Waals surface area contributed by atoms with Crippen LogP contribution in [0.25, 0.3) is 10.1 Å². The maximum Gasteiger partial charge on any atom is 0.350 e. The summed E-state index contributed by atoms with van der Waals surface area (Å²) >= 11 is 13.7. The first-order chi connectivity index (χ1) is 14.4. The van der Waals surface area contributed by atoms with Gasteiger partial charge in [-0.15, -0.1) is 11.3 Å². The number of ether oxygens (including phenoxy) is 4. The van der Waals surface area contributed by atoms with Gasteiger partial charge in [-0.3, -0.25) is 4.79 Å². The lowest BCUT2D eigenvalue weighted by Crippen LogP contribution is -2.21. The first kappa shape index (κ1) is 22.0. The molecule has 7 nitrogen and oxygen atoms in total. The van der Waals surface area contributed by atoms with Gasteiger partial charge in [-0.2, -0.15) is 0 Å². The molecule has 0 saturated heterocycles. The van der Waals surface area contributed by atoms with Gasteiger partial charge in [-0.1, -0.05) is 23.2 Å². The van der Waals surface area contributed by atoms with Crippen LogP contribution in [0.5, 0.6) is 17.2 Å². The molecule has 0 aliphatic heterocycles. The molecule has 158 valence electrons. The number of anilines is 1. The van der Waals surface area contributed by atoms with E-state index in [2.05, 4.69) is 5.32 Å². The van der Waals surface area contributed by atoms with E-state index in [4.69, 9.17) is 42.1 Å². The molecule has 0 unspecified atom stereocenters. The Bertz CT molecular complexity index is 1110. The zero-order valence-electron chi connectivity index (χ0n) is 16.2. The molecule has 0 bridgehead atoms. The summed E-state index contributed by atoms with van der Waals surface area (Å²) in [6.07, 6.45) is 0. The highest BCUT2D eigenvalue weighted by molar-refractivity contribution is 7.22. The molecular formula is C20H17Cl2NO6S. The van der Waals surface area contributed by atoms with Gasteiger partial charge in [-0.25, -0.2) is 4.79 Å². The van der Waals surface area contributed by atoms with Gasteiger partial charge in [0.25, 0.3) is 5.91 Å². The molecular weight excluding hydrogens is 453 g/mol. The molecule has 2 aromatic carbocycles. The largest absolute Gasteiger partial charge is 0.497 e. The fourth-order valence-corrected chi connectivity index (χ4v) is 4.43. The predicted molar refractivity (Wildman–Crippen MR) is 117 cm³/mol. The van der Waals surface area contributed by atoms with Crippen LogP contribution in [0, 0.1) is 0 Å². The number of esters is 1. The normalized spacial score (nSPS) is 10.6. The highest BCUT2D eigenvalue weighted by Crippen LogP contribution is 2.43. The third-order valence-electron chi connectivity index (χ3n) is 4.12. The number of benzene rings is 2. The van der Waals surface area contributed by atoms with Crippen molar-refractivity contribution in [3.05, 3.63) is 45.3 Å². The molecule has 0 aliphatic rings. The van der Waals surface area contributed by atoms with Crippen molar-refractivity contribution in [2.75, 3.05) is 33.3 Å². The molecule has 1 N–H and O–H groups in total. The van der Waals surface area contributed by atoms with Crippen molar-refractivity contribution < 1.29 is 28.5 Å². The topological polar surface area (TPSA) is 83.1 Å². The smallest absolute Gasteiger partial charge is 0.350 e. The van der Waals surface area contributed by atoms with Gasteiger partial charge < -0.3 is 24.3 Å². The number of hydrogen-bond donors (Lipinski definition) is 1. The monoisotopic (exact) mass is 469 g/mol. The Hall–Kier alpha value is -2.68. The Kier molecular flexibility index (Phi) is 6.91. The van der Waals surface area contributed by atoms with Crippen molar-refractivity contribution in [3.63, 3.8) is 0 Å². The average molecular weight is 470 g/mol. The number of carbonyl (C=O) groups excluding carboxylic acids is 2. The Balaban J connectivity index is 1.71. The SMILES string of the molecule is COc1ccc(NC(=O)COC(=O)c2sc3c(Cl)c(OC)ccc3c2Cl)c(OC)c1. The molecule has 0 spiro atoms. The minimum atomic E-state index is -0.729. The quantitative estimate of drug-likeness (QED) is 0.488. The Morgan fingerprint density at radius 3 is 2.37 bits per heavy atom. The van der Waals surface area contributed by atoms with E-state index >= 15 is 0 Å². The van der Waals surface area contributed by atoms with Crippen LogP contribution in [-0.2, 0) is 9.53 Å². The summed E-state index contributed by atoms with van der Waals surface area (Å²) in [5, 5.41) is 3.79. The Labute approximate surface area is 186 Å². The fraction of sp³-hybridized carbons (Fsp3) is 0.200. The van der Waals surface area contributed by atoms with Crippen LogP contribution in [0.1, 0.15) is 9.67 Å². The molecule has 3 rings (SSSR count). The van der Waals surface area contributed by atoms with Crippen LogP contribution >= 0.6 is 34.5 Å². The fourth-order valence-electron chi connectivity index (χ4n) is 2.65. The van der Waals surface area contributed by atoms with E-state index in [1.807, 2.05) is 0 Å². The summed E-state index contributed by atoms with van der Waals surface area (Å²) in [5.74, 6) is 0.183. The summed E-state index contributed by atoms with van der Waals surface area (Å²) in [4.78, 5) is 24.8. The van der Waals surface area contributed by atoms with E-state index < -0.39 is 18.5 Å². The van der Waals surface area contributed by atoms with Crippen LogP contribution in [-0.4, -0.2) is 39.8 Å². The number of fused-ring (bicyclic) bond motifs is 1. The lowest BCUT2D eigenvalue weighted by molar-refractivity contribution is -0.119. The van der Waals surface area contributed by atoms with E-state index in [9.17, 15) is 9.59 Å². The molecule has 0 aliphatic carbocycles. The second-order valence-corrected chi connectivity index (χ2v) is 7.67. The first-order valence-corrected chi connectivity index (χ1v) is 10.1.